The van der Waals surface area contributed by atoms with Crippen LogP contribution in [-0.2, 0) is 0 Å². The summed E-state index contributed by atoms with van der Waals surface area (Å²) >= 11 is 0. The maximum Gasteiger partial charge on any atom is 0.0562 e. The molecule has 0 aliphatic carbocycles. The van der Waals surface area contributed by atoms with E-state index in [1.807, 2.05) is 0 Å². The molecule has 0 unspecified atom stereocenters. The van der Waals surface area contributed by atoms with E-state index in [4.69, 9.17) is 0 Å². The number of hydrogen-bond donors (Lipinski definition) is 0. The van der Waals surface area contributed by atoms with Gasteiger partial charge >= 0.3 is 0 Å². The molecule has 0 radical (unpaired) electrons. The van der Waals surface area contributed by atoms with E-state index in [9.17, 15) is 0 Å². The monoisotopic (exact) mass is 790 g/mol. The molecule has 0 saturated carbocycles. The summed E-state index contributed by atoms with van der Waals surface area (Å²) in [6, 6.07) is 92.1. The van der Waals surface area contributed by atoms with Crippen molar-refractivity contribution in [3.05, 3.63) is 255 Å². The topological polar surface area (TPSA) is 8.17 Å². The number of nitrogens with zero attached hydrogens (tertiary/aromatic N) is 2. The lowest BCUT2D eigenvalue weighted by Crippen LogP contribution is -2.10. The molecule has 1 heterocycles. The molecular weight excluding hydrogens is 749 g/mol. The Morgan fingerprint density at radius 3 is 1.35 bits per heavy atom. The summed E-state index contributed by atoms with van der Waals surface area (Å²) in [4.78, 5) is 2.40. The maximum absolute atomic E-state index is 2.46. The molecule has 10 aromatic carbocycles. The Morgan fingerprint density at radius 1 is 0.242 bits per heavy atom. The largest absolute Gasteiger partial charge is 0.310 e. The minimum Gasteiger partial charge on any atom is -0.310 e. The molecule has 62 heavy (non-hydrogen) atoms. The summed E-state index contributed by atoms with van der Waals surface area (Å²) < 4.78 is 2.46. The summed E-state index contributed by atoms with van der Waals surface area (Å²) in [7, 11) is 0. The first kappa shape index (κ1) is 36.8. The Bertz CT molecular complexity index is 3300. The lowest BCUT2D eigenvalue weighted by Gasteiger charge is -2.27. The van der Waals surface area contributed by atoms with E-state index in [0.717, 1.165) is 28.3 Å². The zero-order valence-corrected chi connectivity index (χ0v) is 34.1. The van der Waals surface area contributed by atoms with Gasteiger partial charge in [0.05, 0.1) is 16.7 Å². The van der Waals surface area contributed by atoms with Gasteiger partial charge in [-0.05, 0) is 105 Å². The second kappa shape index (κ2) is 16.1. The smallest absolute Gasteiger partial charge is 0.0562 e. The molecule has 0 amide bonds. The highest BCUT2D eigenvalue weighted by Gasteiger charge is 2.21. The minimum absolute atomic E-state index is 1.08. The predicted octanol–water partition coefficient (Wildman–Crippen LogP) is 16.6. The first-order chi connectivity index (χ1) is 30.8. The van der Waals surface area contributed by atoms with Gasteiger partial charge in [0.25, 0.3) is 0 Å². The molecule has 11 aromatic rings. The molecule has 0 saturated heterocycles. The molecule has 1 aromatic heterocycles. The Kier molecular flexibility index (Phi) is 9.57. The van der Waals surface area contributed by atoms with E-state index < -0.39 is 0 Å². The molecule has 0 spiro atoms. The second-order valence-electron chi connectivity index (χ2n) is 15.7. The third-order valence-electron chi connectivity index (χ3n) is 12.0. The van der Waals surface area contributed by atoms with Gasteiger partial charge in [-0.3, -0.25) is 0 Å². The van der Waals surface area contributed by atoms with Gasteiger partial charge in [-0.2, -0.15) is 0 Å². The summed E-state index contributed by atoms with van der Waals surface area (Å²) in [5.41, 5.74) is 18.6. The van der Waals surface area contributed by atoms with Gasteiger partial charge in [-0.15, -0.1) is 0 Å². The highest BCUT2D eigenvalue weighted by molar-refractivity contribution is 6.11. The van der Waals surface area contributed by atoms with Crippen LogP contribution in [0.2, 0.25) is 0 Å². The van der Waals surface area contributed by atoms with Crippen molar-refractivity contribution >= 4 is 38.9 Å². The Labute approximate surface area is 362 Å². The van der Waals surface area contributed by atoms with Gasteiger partial charge < -0.3 is 9.47 Å². The number of rotatable bonds is 9. The normalized spacial score (nSPS) is 11.2. The van der Waals surface area contributed by atoms with Crippen LogP contribution in [0.5, 0.6) is 0 Å². The summed E-state index contributed by atoms with van der Waals surface area (Å²) in [5.74, 6) is 0. The lowest BCUT2D eigenvalue weighted by atomic mass is 9.92. The molecule has 292 valence electrons. The van der Waals surface area contributed by atoms with Crippen LogP contribution in [0.4, 0.5) is 17.1 Å². The van der Waals surface area contributed by atoms with Crippen molar-refractivity contribution in [2.45, 2.75) is 0 Å². The van der Waals surface area contributed by atoms with Crippen LogP contribution in [0.15, 0.2) is 255 Å². The van der Waals surface area contributed by atoms with E-state index in [0.29, 0.717) is 0 Å². The van der Waals surface area contributed by atoms with Crippen LogP contribution in [-0.4, -0.2) is 4.57 Å². The zero-order valence-electron chi connectivity index (χ0n) is 34.1. The van der Waals surface area contributed by atoms with Crippen molar-refractivity contribution in [2.24, 2.45) is 0 Å². The van der Waals surface area contributed by atoms with Crippen molar-refractivity contribution in [1.29, 1.82) is 0 Å². The third-order valence-corrected chi connectivity index (χ3v) is 12.0. The van der Waals surface area contributed by atoms with Crippen LogP contribution in [0.1, 0.15) is 0 Å². The standard InChI is InChI=1S/C60H42N2/c1-6-18-43(19-7-1)45-30-32-48(33-31-45)53-37-35-51(41-56(53)46-22-10-3-11-23-46)61(50-26-14-5-15-27-50)52-36-38-55-54-28-16-17-29-58(54)62(60(55)42-52)59-39-34-49(44-20-8-2-9-21-44)40-57(59)47-24-12-4-13-25-47/h1-42H. The number of anilines is 3. The first-order valence-corrected chi connectivity index (χ1v) is 21.3. The van der Waals surface area contributed by atoms with Crippen LogP contribution in [0.25, 0.3) is 83.1 Å². The van der Waals surface area contributed by atoms with Crippen molar-refractivity contribution in [1.82, 2.24) is 4.57 Å². The summed E-state index contributed by atoms with van der Waals surface area (Å²) in [6.07, 6.45) is 0. The third kappa shape index (κ3) is 6.84. The van der Waals surface area contributed by atoms with Gasteiger partial charge in [-0.1, -0.05) is 200 Å². The van der Waals surface area contributed by atoms with E-state index in [1.165, 1.54) is 71.9 Å². The number of benzene rings is 10. The van der Waals surface area contributed by atoms with Gasteiger partial charge in [0.15, 0.2) is 0 Å². The van der Waals surface area contributed by atoms with E-state index >= 15 is 0 Å². The van der Waals surface area contributed by atoms with Crippen molar-refractivity contribution in [3.63, 3.8) is 0 Å². The maximum atomic E-state index is 2.46. The number of fused-ring (bicyclic) bond motifs is 3. The highest BCUT2D eigenvalue weighted by Crippen LogP contribution is 2.44. The lowest BCUT2D eigenvalue weighted by molar-refractivity contribution is 1.18. The molecular formula is C60H42N2. The number of para-hydroxylation sites is 2. The molecule has 2 nitrogen and oxygen atoms in total. The molecule has 0 atom stereocenters. The summed E-state index contributed by atoms with van der Waals surface area (Å²) in [5, 5.41) is 2.43. The van der Waals surface area contributed by atoms with Gasteiger partial charge in [0, 0.05) is 33.4 Å². The number of hydrogen-bond acceptors (Lipinski definition) is 1. The van der Waals surface area contributed by atoms with Crippen molar-refractivity contribution < 1.29 is 0 Å². The molecule has 0 bridgehead atoms. The van der Waals surface area contributed by atoms with Crippen LogP contribution in [0, 0.1) is 0 Å². The first-order valence-electron chi connectivity index (χ1n) is 21.3. The fraction of sp³-hybridized carbons (Fsp3) is 0. The minimum atomic E-state index is 1.08. The van der Waals surface area contributed by atoms with Crippen LogP contribution < -0.4 is 4.90 Å². The average Bonchev–Trinajstić information content (AvgIpc) is 3.69. The van der Waals surface area contributed by atoms with Crippen LogP contribution in [0.3, 0.4) is 0 Å². The van der Waals surface area contributed by atoms with Gasteiger partial charge in [0.2, 0.25) is 0 Å². The Morgan fingerprint density at radius 2 is 0.694 bits per heavy atom. The Hall–Kier alpha value is -8.20. The fourth-order valence-corrected chi connectivity index (χ4v) is 9.02. The highest BCUT2D eigenvalue weighted by atomic mass is 15.1. The SMILES string of the molecule is c1ccc(-c2ccc(-c3ccc(N(c4ccccc4)c4ccc5c6ccccc6n(-c6ccc(-c7ccccc7)cc6-c6ccccc6)c5c4)cc3-c3ccccc3)cc2)cc1. The van der Waals surface area contributed by atoms with E-state index in [1.54, 1.807) is 0 Å². The zero-order chi connectivity index (χ0) is 41.2. The van der Waals surface area contributed by atoms with Gasteiger partial charge in [-0.25, -0.2) is 0 Å². The molecule has 0 N–H and O–H groups in total. The fourth-order valence-electron chi connectivity index (χ4n) is 9.02. The Balaban J connectivity index is 1.10. The quantitative estimate of drug-likeness (QED) is 0.141. The van der Waals surface area contributed by atoms with Crippen LogP contribution >= 0.6 is 0 Å². The average molecular weight is 791 g/mol. The predicted molar refractivity (Wildman–Crippen MR) is 263 cm³/mol. The van der Waals surface area contributed by atoms with Crippen molar-refractivity contribution in [2.75, 3.05) is 4.90 Å². The second-order valence-corrected chi connectivity index (χ2v) is 15.7. The molecule has 0 fully saturated rings. The number of aromatic nitrogens is 1. The van der Waals surface area contributed by atoms with E-state index in [-0.39, 0.29) is 0 Å². The molecule has 2 heteroatoms. The van der Waals surface area contributed by atoms with Gasteiger partial charge in [0.1, 0.15) is 0 Å². The molecule has 0 aliphatic heterocycles. The molecule has 11 rings (SSSR count). The van der Waals surface area contributed by atoms with Crippen molar-refractivity contribution in [3.8, 4) is 61.3 Å². The summed E-state index contributed by atoms with van der Waals surface area (Å²) in [6.45, 7) is 0. The van der Waals surface area contributed by atoms with E-state index in [2.05, 4.69) is 264 Å². The molecule has 0 aliphatic rings.